The van der Waals surface area contributed by atoms with Gasteiger partial charge in [0, 0.05) is 45.7 Å². The van der Waals surface area contributed by atoms with Gasteiger partial charge in [0.1, 0.15) is 29.8 Å². The van der Waals surface area contributed by atoms with E-state index in [2.05, 4.69) is 48.2 Å². The van der Waals surface area contributed by atoms with Crippen molar-refractivity contribution in [1.82, 2.24) is 14.9 Å². The van der Waals surface area contributed by atoms with E-state index in [4.69, 9.17) is 0 Å². The highest BCUT2D eigenvalue weighted by atomic mass is 19.4. The van der Waals surface area contributed by atoms with Crippen molar-refractivity contribution in [2.24, 2.45) is 5.11 Å². The maximum absolute atomic E-state index is 13.8. The van der Waals surface area contributed by atoms with Crippen molar-refractivity contribution >= 4 is 27.7 Å². The number of halogens is 6. The second kappa shape index (κ2) is 15.4. The van der Waals surface area contributed by atoms with Gasteiger partial charge in [-0.3, -0.25) is 14.8 Å². The van der Waals surface area contributed by atoms with E-state index >= 15 is 0 Å². The summed E-state index contributed by atoms with van der Waals surface area (Å²) >= 11 is 0. The van der Waals surface area contributed by atoms with Gasteiger partial charge in [-0.15, -0.1) is 26.3 Å². The number of rotatable bonds is 10. The smallest absolute Gasteiger partial charge is 0.406 e. The summed E-state index contributed by atoms with van der Waals surface area (Å²) in [6.07, 6.45) is -7.61. The maximum Gasteiger partial charge on any atom is 0.573 e. The molecular weight excluding hydrogens is 742 g/mol. The highest BCUT2D eigenvalue weighted by molar-refractivity contribution is 5.99. The Morgan fingerprint density at radius 2 is 1.30 bits per heavy atom. The zero-order valence-corrected chi connectivity index (χ0v) is 28.4. The van der Waals surface area contributed by atoms with Gasteiger partial charge in [0.25, 0.3) is 0 Å². The summed E-state index contributed by atoms with van der Waals surface area (Å²) in [7, 11) is 0. The van der Waals surface area contributed by atoms with Crippen molar-refractivity contribution in [3.63, 3.8) is 0 Å². The molecule has 0 saturated heterocycles. The van der Waals surface area contributed by atoms with Crippen molar-refractivity contribution in [2.75, 3.05) is 0 Å². The zero-order chi connectivity index (χ0) is 40.2. The summed E-state index contributed by atoms with van der Waals surface area (Å²) in [5, 5.41) is 25.4. The Labute approximate surface area is 312 Å². The third-order valence-electron chi connectivity index (χ3n) is 8.45. The monoisotopic (exact) mass is 764 g/mol. The Balaban J connectivity index is 1.53. The van der Waals surface area contributed by atoms with Gasteiger partial charge >= 0.3 is 12.7 Å². The lowest BCUT2D eigenvalue weighted by atomic mass is 9.92. The minimum absolute atomic E-state index is 0.00746. The van der Waals surface area contributed by atoms with E-state index in [1.807, 2.05) is 0 Å². The average molecular weight is 765 g/mol. The third kappa shape index (κ3) is 7.98. The molecule has 278 valence electrons. The Hall–Kier alpha value is -7.62. The summed E-state index contributed by atoms with van der Waals surface area (Å²) in [6.45, 7) is 3.15. The number of ether oxygens (including phenoxy) is 2. The molecule has 0 fully saturated rings. The second-order valence-electron chi connectivity index (χ2n) is 11.8. The highest BCUT2D eigenvalue weighted by Crippen LogP contribution is 2.40. The molecule has 0 bridgehead atoms. The first-order valence-electron chi connectivity index (χ1n) is 16.1. The molecule has 6 rings (SSSR count). The molecular formula is C39H22F6N8O3. The lowest BCUT2D eigenvalue weighted by Crippen LogP contribution is -2.33. The van der Waals surface area contributed by atoms with Crippen LogP contribution >= 0.6 is 0 Å². The number of nitriles is 2. The van der Waals surface area contributed by atoms with E-state index in [9.17, 15) is 47.2 Å². The summed E-state index contributed by atoms with van der Waals surface area (Å²) < 4.78 is 85.3. The molecule has 17 heteroatoms. The first-order valence-corrected chi connectivity index (χ1v) is 16.1. The van der Waals surface area contributed by atoms with Crippen LogP contribution in [-0.4, -0.2) is 33.5 Å². The van der Waals surface area contributed by atoms with Gasteiger partial charge in [-0.1, -0.05) is 36.0 Å². The number of hydrogen-bond donors (Lipinski definition) is 0. The molecule has 1 atom stereocenters. The zero-order valence-electron chi connectivity index (χ0n) is 28.4. The minimum atomic E-state index is -4.94. The normalized spacial score (nSPS) is 11.9. The van der Waals surface area contributed by atoms with Crippen LogP contribution in [0, 0.1) is 22.7 Å². The van der Waals surface area contributed by atoms with Gasteiger partial charge in [-0.2, -0.15) is 10.5 Å². The molecule has 4 aromatic carbocycles. The van der Waals surface area contributed by atoms with E-state index in [-0.39, 0.29) is 33.2 Å². The van der Waals surface area contributed by atoms with Crippen LogP contribution in [0.25, 0.3) is 54.5 Å². The number of azide groups is 1. The van der Waals surface area contributed by atoms with Crippen molar-refractivity contribution in [3.05, 3.63) is 143 Å². The van der Waals surface area contributed by atoms with Crippen molar-refractivity contribution in [3.8, 4) is 45.9 Å². The molecule has 0 radical (unpaired) electrons. The Morgan fingerprint density at radius 3 is 1.75 bits per heavy atom. The molecule has 2 heterocycles. The second-order valence-corrected chi connectivity index (χ2v) is 11.8. The van der Waals surface area contributed by atoms with Gasteiger partial charge in [0.05, 0.1) is 22.2 Å². The molecule has 0 saturated carbocycles. The number of hydrogen-bond acceptors (Lipinski definition) is 8. The number of carbonyl (C=O) groups excluding carboxylic acids is 1. The number of aromatic nitrogens is 2. The molecule has 0 aliphatic carbocycles. The molecule has 56 heavy (non-hydrogen) atoms. The van der Waals surface area contributed by atoms with Crippen molar-refractivity contribution in [1.29, 1.82) is 10.5 Å². The first-order chi connectivity index (χ1) is 26.7. The third-order valence-corrected chi connectivity index (χ3v) is 8.45. The molecule has 0 spiro atoms. The van der Waals surface area contributed by atoms with Crippen LogP contribution in [-0.2, 0) is 11.3 Å². The largest absolute Gasteiger partial charge is 0.573 e. The summed E-state index contributed by atoms with van der Waals surface area (Å²) in [5.41, 5.74) is 12.0. The van der Waals surface area contributed by atoms with Crippen LogP contribution in [0.3, 0.4) is 0 Å². The summed E-state index contributed by atoms with van der Waals surface area (Å²) in [5.74, 6) is -1.76. The Kier molecular flexibility index (Phi) is 10.5. The minimum Gasteiger partial charge on any atom is -0.406 e. The van der Waals surface area contributed by atoms with Crippen LogP contribution in [0.15, 0.2) is 115 Å². The van der Waals surface area contributed by atoms with Gasteiger partial charge in [0.2, 0.25) is 5.91 Å². The first kappa shape index (κ1) is 38.1. The van der Waals surface area contributed by atoms with Crippen LogP contribution in [0.2, 0.25) is 0 Å². The number of carbonyl (C=O) groups is 1. The van der Waals surface area contributed by atoms with E-state index in [0.717, 1.165) is 35.2 Å². The lowest BCUT2D eigenvalue weighted by Gasteiger charge is -2.30. The van der Waals surface area contributed by atoms with E-state index in [1.165, 1.54) is 54.9 Å². The fraction of sp³-hybridized carbons (Fsp3) is 0.103. The fourth-order valence-corrected chi connectivity index (χ4v) is 6.21. The van der Waals surface area contributed by atoms with Crippen LogP contribution < -0.4 is 9.47 Å². The molecule has 1 unspecified atom stereocenters. The Morgan fingerprint density at radius 1 is 0.821 bits per heavy atom. The maximum atomic E-state index is 13.8. The lowest BCUT2D eigenvalue weighted by molar-refractivity contribution is -0.275. The SMILES string of the molecule is C=CC(=O)N(Cc1cc(-c2ccc(OC(F)(F)F)cc2)c2ncccc2c1C#N)C(N=[N+]=[N-])c1cc(-c2ccc(OC(F)(F)F)cc2)c2ncccc2c1C#N. The summed E-state index contributed by atoms with van der Waals surface area (Å²) in [6, 6.07) is 23.2. The molecule has 11 nitrogen and oxygen atoms in total. The number of alkyl halides is 6. The van der Waals surface area contributed by atoms with Crippen LogP contribution in [0.5, 0.6) is 11.5 Å². The predicted molar refractivity (Wildman–Crippen MR) is 190 cm³/mol. The summed E-state index contributed by atoms with van der Waals surface area (Å²) in [4.78, 5) is 26.6. The van der Waals surface area contributed by atoms with Gasteiger partial charge in [-0.25, -0.2) is 0 Å². The number of nitrogens with zero attached hydrogens (tertiary/aromatic N) is 8. The molecule has 0 N–H and O–H groups in total. The predicted octanol–water partition coefficient (Wildman–Crippen LogP) is 10.2. The van der Waals surface area contributed by atoms with Crippen LogP contribution in [0.1, 0.15) is 28.4 Å². The average Bonchev–Trinajstić information content (AvgIpc) is 3.17. The molecule has 1 amide bonds. The van der Waals surface area contributed by atoms with Gasteiger partial charge in [0.15, 0.2) is 0 Å². The number of benzene rings is 4. The van der Waals surface area contributed by atoms with Crippen molar-refractivity contribution < 1.29 is 40.6 Å². The quantitative estimate of drug-likeness (QED) is 0.0441. The van der Waals surface area contributed by atoms with Crippen LogP contribution in [0.4, 0.5) is 26.3 Å². The van der Waals surface area contributed by atoms with Gasteiger partial charge in [-0.05, 0) is 94.5 Å². The molecule has 0 aliphatic heterocycles. The van der Waals surface area contributed by atoms with Crippen molar-refractivity contribution in [2.45, 2.75) is 25.4 Å². The van der Waals surface area contributed by atoms with Gasteiger partial charge < -0.3 is 14.4 Å². The fourth-order valence-electron chi connectivity index (χ4n) is 6.21. The van der Waals surface area contributed by atoms with E-state index < -0.39 is 42.8 Å². The van der Waals surface area contributed by atoms with E-state index in [1.54, 1.807) is 18.2 Å². The highest BCUT2D eigenvalue weighted by Gasteiger charge is 2.33. The number of fused-ring (bicyclic) bond motifs is 2. The van der Waals surface area contributed by atoms with E-state index in [0.29, 0.717) is 33.2 Å². The number of amides is 1. The standard InChI is InChI=1S/C39H22F6N8O3/c1-2-34(54)53(21-24-17-29(35-27(32(24)19-46)5-3-15-49-35)22-7-11-25(12-8-22)55-38(40,41)42)37(51-52-48)31-18-30(36-28(33(31)20-47)6-4-16-50-36)23-9-13-26(14-10-23)56-39(43,44)45/h2-18,37H,1,21H2. The molecule has 2 aromatic heterocycles. The molecule has 6 aromatic rings. The number of pyridine rings is 2. The molecule has 0 aliphatic rings. The Bertz CT molecular complexity index is 2630. The topological polar surface area (TPSA) is 161 Å².